The summed E-state index contributed by atoms with van der Waals surface area (Å²) in [6.07, 6.45) is 6.18. The van der Waals surface area contributed by atoms with Crippen molar-refractivity contribution in [2.75, 3.05) is 0 Å². The van der Waals surface area contributed by atoms with Crippen molar-refractivity contribution in [1.29, 1.82) is 5.26 Å². The molecule has 5 nitrogen and oxygen atoms in total. The number of halogens is 1. The Labute approximate surface area is 179 Å². The molecule has 1 aliphatic rings. The van der Waals surface area contributed by atoms with Crippen LogP contribution in [0, 0.1) is 11.3 Å². The third-order valence-corrected chi connectivity index (χ3v) is 5.71. The van der Waals surface area contributed by atoms with E-state index in [1.54, 1.807) is 6.07 Å². The fourth-order valence-corrected chi connectivity index (χ4v) is 4.09. The molecule has 2 aromatic heterocycles. The molecular formula is C24H19ClN4O. The highest BCUT2D eigenvalue weighted by molar-refractivity contribution is 6.30. The van der Waals surface area contributed by atoms with Gasteiger partial charge in [-0.15, -0.1) is 0 Å². The van der Waals surface area contributed by atoms with Gasteiger partial charge in [-0.2, -0.15) is 15.0 Å². The lowest BCUT2D eigenvalue weighted by atomic mass is 9.95. The molecular weight excluding hydrogens is 396 g/mol. The molecule has 0 radical (unpaired) electrons. The summed E-state index contributed by atoms with van der Waals surface area (Å²) < 4.78 is 8.09. The fraction of sp³-hybridized carbons (Fsp3) is 0.208. The first-order chi connectivity index (χ1) is 14.7. The lowest BCUT2D eigenvalue weighted by Gasteiger charge is -2.14. The van der Waals surface area contributed by atoms with Gasteiger partial charge >= 0.3 is 0 Å². The third kappa shape index (κ3) is 3.40. The molecule has 0 fully saturated rings. The van der Waals surface area contributed by atoms with Crippen LogP contribution in [0.15, 0.2) is 54.7 Å². The van der Waals surface area contributed by atoms with Crippen molar-refractivity contribution in [2.45, 2.75) is 32.3 Å². The molecule has 0 amide bonds. The summed E-state index contributed by atoms with van der Waals surface area (Å²) in [6.45, 7) is 0.334. The number of rotatable bonds is 4. The first-order valence-electron chi connectivity index (χ1n) is 10.0. The number of aromatic nitrogens is 3. The molecule has 0 saturated heterocycles. The zero-order valence-electron chi connectivity index (χ0n) is 16.3. The highest BCUT2D eigenvalue weighted by atomic mass is 35.5. The summed E-state index contributed by atoms with van der Waals surface area (Å²) in [6, 6.07) is 17.2. The maximum atomic E-state index is 9.16. The molecule has 2 heterocycles. The van der Waals surface area contributed by atoms with Crippen LogP contribution in [0.1, 0.15) is 35.2 Å². The van der Waals surface area contributed by atoms with Gasteiger partial charge in [0, 0.05) is 22.5 Å². The number of benzene rings is 2. The van der Waals surface area contributed by atoms with Gasteiger partial charge in [0.1, 0.15) is 12.1 Å². The molecule has 6 heteroatoms. The van der Waals surface area contributed by atoms with Crippen molar-refractivity contribution in [3.05, 3.63) is 82.1 Å². The quantitative estimate of drug-likeness (QED) is 0.448. The predicted molar refractivity (Wildman–Crippen MR) is 116 cm³/mol. The molecule has 148 valence electrons. The highest BCUT2D eigenvalue weighted by Gasteiger charge is 2.22. The Morgan fingerprint density at radius 3 is 2.77 bits per heavy atom. The van der Waals surface area contributed by atoms with E-state index in [0.29, 0.717) is 23.1 Å². The van der Waals surface area contributed by atoms with E-state index in [0.717, 1.165) is 47.1 Å². The SMILES string of the molecule is N#Cc1cccc(COc2c3cnc4c(c3nn2-c2ccc(Cl)cc2)CCCC4)c1. The molecule has 5 rings (SSSR count). The smallest absolute Gasteiger partial charge is 0.226 e. The van der Waals surface area contributed by atoms with Crippen molar-refractivity contribution in [3.8, 4) is 17.6 Å². The Hall–Kier alpha value is -3.36. The molecule has 0 aliphatic heterocycles. The van der Waals surface area contributed by atoms with E-state index in [-0.39, 0.29) is 0 Å². The van der Waals surface area contributed by atoms with Gasteiger partial charge in [0.25, 0.3) is 0 Å². The number of pyridine rings is 1. The van der Waals surface area contributed by atoms with Crippen LogP contribution in [0.2, 0.25) is 5.02 Å². The monoisotopic (exact) mass is 414 g/mol. The molecule has 0 unspecified atom stereocenters. The first-order valence-corrected chi connectivity index (χ1v) is 10.4. The second-order valence-electron chi connectivity index (χ2n) is 7.45. The van der Waals surface area contributed by atoms with E-state index in [1.165, 1.54) is 12.0 Å². The van der Waals surface area contributed by atoms with E-state index >= 15 is 0 Å². The molecule has 0 bridgehead atoms. The average Bonchev–Trinajstić information content (AvgIpc) is 3.17. The summed E-state index contributed by atoms with van der Waals surface area (Å²) in [5, 5.41) is 15.7. The molecule has 0 N–H and O–H groups in total. The summed E-state index contributed by atoms with van der Waals surface area (Å²) in [4.78, 5) is 4.71. The van der Waals surface area contributed by atoms with E-state index < -0.39 is 0 Å². The number of nitriles is 1. The van der Waals surface area contributed by atoms with Gasteiger partial charge < -0.3 is 4.74 Å². The normalized spacial score (nSPS) is 13.1. The Balaban J connectivity index is 1.61. The van der Waals surface area contributed by atoms with Crippen molar-refractivity contribution in [1.82, 2.24) is 14.8 Å². The lowest BCUT2D eigenvalue weighted by molar-refractivity contribution is 0.288. The summed E-state index contributed by atoms with van der Waals surface area (Å²) in [7, 11) is 0. The van der Waals surface area contributed by atoms with Crippen LogP contribution >= 0.6 is 11.6 Å². The van der Waals surface area contributed by atoms with Gasteiger partial charge in [0.15, 0.2) is 0 Å². The fourth-order valence-electron chi connectivity index (χ4n) is 3.96. The number of ether oxygens (including phenoxy) is 1. The molecule has 4 aromatic rings. The summed E-state index contributed by atoms with van der Waals surface area (Å²) >= 11 is 6.08. The second-order valence-corrected chi connectivity index (χ2v) is 7.88. The predicted octanol–water partition coefficient (Wildman–Crippen LogP) is 5.40. The Bertz CT molecular complexity index is 1270. The number of aryl methyl sites for hydroxylation is 2. The third-order valence-electron chi connectivity index (χ3n) is 5.45. The maximum Gasteiger partial charge on any atom is 0.226 e. The molecule has 0 spiro atoms. The van der Waals surface area contributed by atoms with Crippen LogP contribution < -0.4 is 4.74 Å². The number of hydrogen-bond acceptors (Lipinski definition) is 4. The molecule has 1 aliphatic carbocycles. The van der Waals surface area contributed by atoms with Gasteiger partial charge in [0.05, 0.1) is 22.7 Å². The van der Waals surface area contributed by atoms with Crippen molar-refractivity contribution in [3.63, 3.8) is 0 Å². The van der Waals surface area contributed by atoms with Crippen LogP contribution in [0.4, 0.5) is 0 Å². The van der Waals surface area contributed by atoms with Gasteiger partial charge in [-0.25, -0.2) is 0 Å². The average molecular weight is 415 g/mol. The molecule has 30 heavy (non-hydrogen) atoms. The number of hydrogen-bond donors (Lipinski definition) is 0. The highest BCUT2D eigenvalue weighted by Crippen LogP contribution is 2.34. The maximum absolute atomic E-state index is 9.16. The van der Waals surface area contributed by atoms with E-state index in [4.69, 9.17) is 31.7 Å². The first kappa shape index (κ1) is 18.7. The zero-order valence-corrected chi connectivity index (χ0v) is 17.1. The topological polar surface area (TPSA) is 63.7 Å². The minimum atomic E-state index is 0.334. The van der Waals surface area contributed by atoms with Crippen LogP contribution in [-0.2, 0) is 19.4 Å². The number of nitrogens with zero attached hydrogens (tertiary/aromatic N) is 4. The van der Waals surface area contributed by atoms with E-state index in [9.17, 15) is 0 Å². The van der Waals surface area contributed by atoms with Gasteiger partial charge in [-0.05, 0) is 67.6 Å². The van der Waals surface area contributed by atoms with Crippen LogP contribution in [0.3, 0.4) is 0 Å². The lowest BCUT2D eigenvalue weighted by Crippen LogP contribution is -2.05. The minimum absolute atomic E-state index is 0.334. The Kier molecular flexibility index (Phi) is 4.86. The van der Waals surface area contributed by atoms with Crippen LogP contribution in [-0.4, -0.2) is 14.8 Å². The van der Waals surface area contributed by atoms with Crippen LogP contribution in [0.5, 0.6) is 5.88 Å². The summed E-state index contributed by atoms with van der Waals surface area (Å²) in [5.41, 5.74) is 5.74. The van der Waals surface area contributed by atoms with Crippen molar-refractivity contribution in [2.24, 2.45) is 0 Å². The van der Waals surface area contributed by atoms with E-state index in [2.05, 4.69) is 6.07 Å². The zero-order chi connectivity index (χ0) is 20.5. The van der Waals surface area contributed by atoms with Crippen molar-refractivity contribution >= 4 is 22.5 Å². The number of fused-ring (bicyclic) bond motifs is 3. The minimum Gasteiger partial charge on any atom is -0.472 e. The van der Waals surface area contributed by atoms with Crippen molar-refractivity contribution < 1.29 is 4.74 Å². The standard InChI is InChI=1S/C24H19ClN4O/c25-18-8-10-19(11-9-18)29-24(30-15-17-5-3-4-16(12-17)13-26)21-14-27-22-7-2-1-6-20(22)23(21)28-29/h3-5,8-12,14H,1-2,6-7,15H2. The Morgan fingerprint density at radius 1 is 1.10 bits per heavy atom. The molecule has 2 aromatic carbocycles. The van der Waals surface area contributed by atoms with Crippen LogP contribution in [0.25, 0.3) is 16.6 Å². The Morgan fingerprint density at radius 2 is 1.93 bits per heavy atom. The largest absolute Gasteiger partial charge is 0.472 e. The van der Waals surface area contributed by atoms with Gasteiger partial charge in [-0.3, -0.25) is 4.98 Å². The van der Waals surface area contributed by atoms with E-state index in [1.807, 2.05) is 53.3 Å². The second kappa shape index (κ2) is 7.81. The molecule has 0 saturated carbocycles. The van der Waals surface area contributed by atoms with Gasteiger partial charge in [0.2, 0.25) is 5.88 Å². The summed E-state index contributed by atoms with van der Waals surface area (Å²) in [5.74, 6) is 0.649. The molecule has 0 atom stereocenters. The van der Waals surface area contributed by atoms with Gasteiger partial charge in [-0.1, -0.05) is 23.7 Å².